The van der Waals surface area contributed by atoms with Gasteiger partial charge in [-0.3, -0.25) is 4.68 Å². The standard InChI is InChI=1S/C16H29N3O/c1-12(15-13(2)18-19(4)14(15)3)17-10-16(11-20)8-6-5-7-9-16/h12,17,20H,5-11H2,1-4H3. The molecule has 20 heavy (non-hydrogen) atoms. The molecule has 0 aromatic carbocycles. The molecule has 114 valence electrons. The largest absolute Gasteiger partial charge is 0.396 e. The molecule has 1 unspecified atom stereocenters. The van der Waals surface area contributed by atoms with Crippen LogP contribution >= 0.6 is 0 Å². The van der Waals surface area contributed by atoms with E-state index in [9.17, 15) is 5.11 Å². The van der Waals surface area contributed by atoms with Crippen molar-refractivity contribution in [2.24, 2.45) is 12.5 Å². The van der Waals surface area contributed by atoms with Gasteiger partial charge in [-0.15, -0.1) is 0 Å². The average Bonchev–Trinajstić information content (AvgIpc) is 2.71. The molecule has 0 radical (unpaired) electrons. The van der Waals surface area contributed by atoms with E-state index in [0.717, 1.165) is 25.1 Å². The van der Waals surface area contributed by atoms with Gasteiger partial charge < -0.3 is 10.4 Å². The fourth-order valence-electron chi connectivity index (χ4n) is 3.58. The van der Waals surface area contributed by atoms with Crippen LogP contribution in [0.1, 0.15) is 62.0 Å². The van der Waals surface area contributed by atoms with Crippen molar-refractivity contribution in [2.75, 3.05) is 13.2 Å². The van der Waals surface area contributed by atoms with E-state index in [4.69, 9.17) is 0 Å². The Morgan fingerprint density at radius 2 is 1.95 bits per heavy atom. The Kier molecular flexibility index (Phi) is 4.86. The van der Waals surface area contributed by atoms with E-state index in [1.165, 1.54) is 30.5 Å². The van der Waals surface area contributed by atoms with Crippen LogP contribution in [-0.4, -0.2) is 28.0 Å². The summed E-state index contributed by atoms with van der Waals surface area (Å²) in [7, 11) is 1.99. The number of rotatable bonds is 5. The van der Waals surface area contributed by atoms with Crippen molar-refractivity contribution in [1.82, 2.24) is 15.1 Å². The highest BCUT2D eigenvalue weighted by atomic mass is 16.3. The number of hydrogen-bond acceptors (Lipinski definition) is 3. The molecule has 1 atom stereocenters. The van der Waals surface area contributed by atoms with Gasteiger partial charge in [0, 0.05) is 42.9 Å². The van der Waals surface area contributed by atoms with E-state index < -0.39 is 0 Å². The number of aryl methyl sites for hydroxylation is 2. The Labute approximate surface area is 122 Å². The number of aliphatic hydroxyl groups is 1. The van der Waals surface area contributed by atoms with Crippen LogP contribution in [0.5, 0.6) is 0 Å². The molecule has 4 heteroatoms. The maximum Gasteiger partial charge on any atom is 0.0644 e. The first-order valence-electron chi connectivity index (χ1n) is 7.83. The van der Waals surface area contributed by atoms with E-state index in [2.05, 4.69) is 31.2 Å². The highest BCUT2D eigenvalue weighted by Crippen LogP contribution is 2.36. The van der Waals surface area contributed by atoms with Gasteiger partial charge >= 0.3 is 0 Å². The minimum atomic E-state index is 0.0938. The van der Waals surface area contributed by atoms with E-state index in [-0.39, 0.29) is 11.5 Å². The van der Waals surface area contributed by atoms with Gasteiger partial charge in [0.15, 0.2) is 0 Å². The summed E-state index contributed by atoms with van der Waals surface area (Å²) in [5, 5.41) is 17.9. The molecular weight excluding hydrogens is 250 g/mol. The summed E-state index contributed by atoms with van der Waals surface area (Å²) in [5.41, 5.74) is 3.73. The van der Waals surface area contributed by atoms with Crippen LogP contribution < -0.4 is 5.32 Å². The van der Waals surface area contributed by atoms with E-state index >= 15 is 0 Å². The zero-order valence-electron chi connectivity index (χ0n) is 13.4. The smallest absolute Gasteiger partial charge is 0.0644 e. The van der Waals surface area contributed by atoms with Crippen LogP contribution in [0.3, 0.4) is 0 Å². The summed E-state index contributed by atoms with van der Waals surface area (Å²) >= 11 is 0. The Balaban J connectivity index is 2.02. The van der Waals surface area contributed by atoms with E-state index in [1.54, 1.807) is 0 Å². The van der Waals surface area contributed by atoms with Gasteiger partial charge in [0.1, 0.15) is 0 Å². The lowest BCUT2D eigenvalue weighted by atomic mass is 9.74. The lowest BCUT2D eigenvalue weighted by Crippen LogP contribution is -2.40. The molecule has 0 spiro atoms. The summed E-state index contributed by atoms with van der Waals surface area (Å²) in [6, 6.07) is 0.286. The zero-order chi connectivity index (χ0) is 14.8. The predicted octanol–water partition coefficient (Wildman–Crippen LogP) is 2.63. The normalized spacial score (nSPS) is 20.1. The summed E-state index contributed by atoms with van der Waals surface area (Å²) < 4.78 is 1.95. The van der Waals surface area contributed by atoms with E-state index in [1.807, 2.05) is 11.7 Å². The number of aliphatic hydroxyl groups excluding tert-OH is 1. The van der Waals surface area contributed by atoms with Crippen LogP contribution in [0.2, 0.25) is 0 Å². The molecule has 1 aliphatic carbocycles. The minimum absolute atomic E-state index is 0.0938. The van der Waals surface area contributed by atoms with Gasteiger partial charge in [-0.2, -0.15) is 5.10 Å². The number of aromatic nitrogens is 2. The van der Waals surface area contributed by atoms with Crippen molar-refractivity contribution in [3.8, 4) is 0 Å². The quantitative estimate of drug-likeness (QED) is 0.871. The zero-order valence-corrected chi connectivity index (χ0v) is 13.4. The highest BCUT2D eigenvalue weighted by molar-refractivity contribution is 5.27. The third-order valence-corrected chi connectivity index (χ3v) is 5.03. The van der Waals surface area contributed by atoms with Gasteiger partial charge in [0.2, 0.25) is 0 Å². The molecular formula is C16H29N3O. The van der Waals surface area contributed by atoms with Gasteiger partial charge in [-0.05, 0) is 33.6 Å². The molecule has 0 amide bonds. The summed E-state index contributed by atoms with van der Waals surface area (Å²) in [6.07, 6.45) is 6.11. The van der Waals surface area contributed by atoms with Crippen molar-refractivity contribution < 1.29 is 5.11 Å². The summed E-state index contributed by atoms with van der Waals surface area (Å²) in [5.74, 6) is 0. The van der Waals surface area contributed by atoms with Crippen molar-refractivity contribution in [2.45, 2.75) is 58.9 Å². The summed E-state index contributed by atoms with van der Waals surface area (Å²) in [6.45, 7) is 7.60. The first-order valence-corrected chi connectivity index (χ1v) is 7.83. The molecule has 2 rings (SSSR count). The first-order chi connectivity index (χ1) is 9.49. The van der Waals surface area contributed by atoms with Crippen LogP contribution in [0, 0.1) is 19.3 Å². The Bertz CT molecular complexity index is 447. The van der Waals surface area contributed by atoms with Gasteiger partial charge in [0.05, 0.1) is 5.69 Å². The Morgan fingerprint density at radius 3 is 2.45 bits per heavy atom. The number of nitrogens with one attached hydrogen (secondary N) is 1. The lowest BCUT2D eigenvalue weighted by molar-refractivity contribution is 0.0788. The minimum Gasteiger partial charge on any atom is -0.396 e. The Hall–Kier alpha value is -0.870. The molecule has 1 aromatic heterocycles. The average molecular weight is 279 g/mol. The first kappa shape index (κ1) is 15.5. The van der Waals surface area contributed by atoms with Gasteiger partial charge in [-0.1, -0.05) is 19.3 Å². The molecule has 0 aliphatic heterocycles. The second-order valence-corrected chi connectivity index (χ2v) is 6.53. The molecule has 1 heterocycles. The number of nitrogens with zero attached hydrogens (tertiary/aromatic N) is 2. The maximum atomic E-state index is 9.78. The lowest BCUT2D eigenvalue weighted by Gasteiger charge is -2.36. The van der Waals surface area contributed by atoms with Gasteiger partial charge in [-0.25, -0.2) is 0 Å². The third-order valence-electron chi connectivity index (χ3n) is 5.03. The fraction of sp³-hybridized carbons (Fsp3) is 0.812. The summed E-state index contributed by atoms with van der Waals surface area (Å²) in [4.78, 5) is 0. The molecule has 4 nitrogen and oxygen atoms in total. The van der Waals surface area contributed by atoms with Crippen LogP contribution in [0.25, 0.3) is 0 Å². The van der Waals surface area contributed by atoms with Crippen LogP contribution in [-0.2, 0) is 7.05 Å². The molecule has 1 saturated carbocycles. The maximum absolute atomic E-state index is 9.78. The van der Waals surface area contributed by atoms with Crippen LogP contribution in [0.15, 0.2) is 0 Å². The molecule has 1 aliphatic rings. The van der Waals surface area contributed by atoms with Crippen molar-refractivity contribution in [1.29, 1.82) is 0 Å². The molecule has 2 N–H and O–H groups in total. The van der Waals surface area contributed by atoms with Gasteiger partial charge in [0.25, 0.3) is 0 Å². The second-order valence-electron chi connectivity index (χ2n) is 6.53. The monoisotopic (exact) mass is 279 g/mol. The van der Waals surface area contributed by atoms with Crippen molar-refractivity contribution >= 4 is 0 Å². The Morgan fingerprint density at radius 1 is 1.30 bits per heavy atom. The number of hydrogen-bond donors (Lipinski definition) is 2. The molecule has 0 bridgehead atoms. The topological polar surface area (TPSA) is 50.1 Å². The fourth-order valence-corrected chi connectivity index (χ4v) is 3.58. The molecule has 0 saturated heterocycles. The predicted molar refractivity (Wildman–Crippen MR) is 81.7 cm³/mol. The van der Waals surface area contributed by atoms with Crippen molar-refractivity contribution in [3.05, 3.63) is 17.0 Å². The highest BCUT2D eigenvalue weighted by Gasteiger charge is 2.31. The van der Waals surface area contributed by atoms with Crippen LogP contribution in [0.4, 0.5) is 0 Å². The SMILES string of the molecule is Cc1nn(C)c(C)c1C(C)NCC1(CO)CCCCC1. The molecule has 1 fully saturated rings. The molecule has 1 aromatic rings. The third kappa shape index (κ3) is 3.07. The van der Waals surface area contributed by atoms with E-state index in [0.29, 0.717) is 6.61 Å². The van der Waals surface area contributed by atoms with Crippen molar-refractivity contribution in [3.63, 3.8) is 0 Å². The second kappa shape index (κ2) is 6.27.